The molecule has 1 amide bonds. The smallest absolute Gasteiger partial charge is 0.227 e. The first-order chi connectivity index (χ1) is 13.0. The number of piperazine rings is 1. The van der Waals surface area contributed by atoms with Crippen LogP contribution in [-0.2, 0) is 17.8 Å². The van der Waals surface area contributed by atoms with Gasteiger partial charge in [0.15, 0.2) is 11.5 Å². The summed E-state index contributed by atoms with van der Waals surface area (Å²) in [4.78, 5) is 16.9. The van der Waals surface area contributed by atoms with Crippen molar-refractivity contribution in [1.82, 2.24) is 15.0 Å². The van der Waals surface area contributed by atoms with E-state index in [9.17, 15) is 4.79 Å². The van der Waals surface area contributed by atoms with E-state index in [0.717, 1.165) is 55.3 Å². The normalized spacial score (nSPS) is 15.0. The van der Waals surface area contributed by atoms with Crippen molar-refractivity contribution >= 4 is 5.91 Å². The molecule has 0 spiro atoms. The van der Waals surface area contributed by atoms with E-state index in [1.54, 1.807) is 14.2 Å². The highest BCUT2D eigenvalue weighted by Gasteiger charge is 2.23. The minimum atomic E-state index is 0.138. The van der Waals surface area contributed by atoms with E-state index < -0.39 is 0 Å². The van der Waals surface area contributed by atoms with Crippen LogP contribution in [0.1, 0.15) is 22.6 Å². The highest BCUT2D eigenvalue weighted by Crippen LogP contribution is 2.28. The number of aryl methyl sites for hydroxylation is 2. The molecular weight excluding hydrogens is 346 g/mol. The molecular formula is C20H27N3O4. The Hall–Kier alpha value is -2.54. The standard InChI is InChI=1S/C20H27N3O4/c1-14-17(15(2)27-21-14)13-22-7-9-23(10-8-22)20(24)12-16-5-6-18(25-3)19(11-16)26-4/h5-6,11H,7-10,12-13H2,1-4H3. The van der Waals surface area contributed by atoms with Crippen molar-refractivity contribution in [3.8, 4) is 11.5 Å². The molecule has 1 aromatic carbocycles. The van der Waals surface area contributed by atoms with Crippen molar-refractivity contribution in [3.05, 3.63) is 40.8 Å². The molecule has 27 heavy (non-hydrogen) atoms. The van der Waals surface area contributed by atoms with E-state index in [1.807, 2.05) is 36.9 Å². The van der Waals surface area contributed by atoms with Gasteiger partial charge in [0.25, 0.3) is 0 Å². The van der Waals surface area contributed by atoms with Gasteiger partial charge in [-0.25, -0.2) is 0 Å². The van der Waals surface area contributed by atoms with E-state index in [-0.39, 0.29) is 5.91 Å². The van der Waals surface area contributed by atoms with Gasteiger partial charge in [0, 0.05) is 38.3 Å². The number of ether oxygens (including phenoxy) is 2. The fraction of sp³-hybridized carbons (Fsp3) is 0.500. The first-order valence-electron chi connectivity index (χ1n) is 9.14. The molecule has 1 saturated heterocycles. The zero-order chi connectivity index (χ0) is 19.4. The number of aromatic nitrogens is 1. The second kappa shape index (κ2) is 8.43. The van der Waals surface area contributed by atoms with Crippen LogP contribution in [0, 0.1) is 13.8 Å². The number of methoxy groups -OCH3 is 2. The fourth-order valence-electron chi connectivity index (χ4n) is 3.38. The second-order valence-corrected chi connectivity index (χ2v) is 6.83. The van der Waals surface area contributed by atoms with Crippen molar-refractivity contribution in [2.45, 2.75) is 26.8 Å². The molecule has 3 rings (SSSR count). The average molecular weight is 373 g/mol. The molecule has 7 heteroatoms. The van der Waals surface area contributed by atoms with E-state index in [4.69, 9.17) is 14.0 Å². The fourth-order valence-corrected chi connectivity index (χ4v) is 3.38. The Balaban J connectivity index is 1.54. The maximum absolute atomic E-state index is 12.7. The largest absolute Gasteiger partial charge is 0.493 e. The third-order valence-electron chi connectivity index (χ3n) is 5.09. The Labute approximate surface area is 159 Å². The molecule has 0 atom stereocenters. The molecule has 1 aromatic heterocycles. The van der Waals surface area contributed by atoms with Gasteiger partial charge in [-0.2, -0.15) is 0 Å². The Kier molecular flexibility index (Phi) is 6.01. The van der Waals surface area contributed by atoms with Crippen LogP contribution in [0.4, 0.5) is 0 Å². The lowest BCUT2D eigenvalue weighted by Gasteiger charge is -2.34. The number of hydrogen-bond acceptors (Lipinski definition) is 6. The van der Waals surface area contributed by atoms with E-state index >= 15 is 0 Å². The second-order valence-electron chi connectivity index (χ2n) is 6.83. The number of carbonyl (C=O) groups excluding carboxylic acids is 1. The molecule has 2 heterocycles. The van der Waals surface area contributed by atoms with Crippen LogP contribution < -0.4 is 9.47 Å². The van der Waals surface area contributed by atoms with Crippen LogP contribution in [0.5, 0.6) is 11.5 Å². The molecule has 0 radical (unpaired) electrons. The lowest BCUT2D eigenvalue weighted by atomic mass is 10.1. The van der Waals surface area contributed by atoms with Crippen LogP contribution in [0.25, 0.3) is 0 Å². The first-order valence-corrected chi connectivity index (χ1v) is 9.14. The van der Waals surface area contributed by atoms with Gasteiger partial charge in [0.2, 0.25) is 5.91 Å². The summed E-state index contributed by atoms with van der Waals surface area (Å²) < 4.78 is 15.8. The van der Waals surface area contributed by atoms with Crippen molar-refractivity contribution in [2.75, 3.05) is 40.4 Å². The van der Waals surface area contributed by atoms with Crippen LogP contribution in [0.15, 0.2) is 22.7 Å². The Morgan fingerprint density at radius 2 is 1.81 bits per heavy atom. The molecule has 2 aromatic rings. The van der Waals surface area contributed by atoms with Gasteiger partial charge in [0.05, 0.1) is 26.3 Å². The van der Waals surface area contributed by atoms with Crippen molar-refractivity contribution in [2.24, 2.45) is 0 Å². The summed E-state index contributed by atoms with van der Waals surface area (Å²) in [5, 5.41) is 4.01. The van der Waals surface area contributed by atoms with E-state index in [2.05, 4.69) is 10.1 Å². The van der Waals surface area contributed by atoms with Crippen LogP contribution >= 0.6 is 0 Å². The van der Waals surface area contributed by atoms with Gasteiger partial charge < -0.3 is 18.9 Å². The number of nitrogens with zero attached hydrogens (tertiary/aromatic N) is 3. The third kappa shape index (κ3) is 4.42. The summed E-state index contributed by atoms with van der Waals surface area (Å²) in [6.45, 7) is 7.89. The predicted molar refractivity (Wildman–Crippen MR) is 101 cm³/mol. The quantitative estimate of drug-likeness (QED) is 0.773. The van der Waals surface area contributed by atoms with Gasteiger partial charge in [-0.1, -0.05) is 11.2 Å². The maximum Gasteiger partial charge on any atom is 0.227 e. The summed E-state index contributed by atoms with van der Waals surface area (Å²) >= 11 is 0. The van der Waals surface area contributed by atoms with Gasteiger partial charge in [0.1, 0.15) is 5.76 Å². The number of benzene rings is 1. The highest BCUT2D eigenvalue weighted by molar-refractivity contribution is 5.79. The number of rotatable bonds is 6. The lowest BCUT2D eigenvalue weighted by Crippen LogP contribution is -2.48. The summed E-state index contributed by atoms with van der Waals surface area (Å²) in [6, 6.07) is 5.61. The summed E-state index contributed by atoms with van der Waals surface area (Å²) in [6.07, 6.45) is 0.365. The molecule has 0 N–H and O–H groups in total. The lowest BCUT2D eigenvalue weighted by molar-refractivity contribution is -0.132. The summed E-state index contributed by atoms with van der Waals surface area (Å²) in [5.41, 5.74) is 3.02. The Morgan fingerprint density at radius 3 is 2.41 bits per heavy atom. The maximum atomic E-state index is 12.7. The topological polar surface area (TPSA) is 68.0 Å². The van der Waals surface area contributed by atoms with Gasteiger partial charge >= 0.3 is 0 Å². The zero-order valence-electron chi connectivity index (χ0n) is 16.4. The van der Waals surface area contributed by atoms with Gasteiger partial charge in [-0.3, -0.25) is 9.69 Å². The summed E-state index contributed by atoms with van der Waals surface area (Å²) in [5.74, 6) is 2.33. The molecule has 1 fully saturated rings. The molecule has 146 valence electrons. The monoisotopic (exact) mass is 373 g/mol. The summed E-state index contributed by atoms with van der Waals surface area (Å²) in [7, 11) is 3.20. The van der Waals surface area contributed by atoms with Crippen molar-refractivity contribution < 1.29 is 18.8 Å². The average Bonchev–Trinajstić information content (AvgIpc) is 3.00. The third-order valence-corrected chi connectivity index (χ3v) is 5.09. The molecule has 0 saturated carbocycles. The highest BCUT2D eigenvalue weighted by atomic mass is 16.5. The number of amides is 1. The SMILES string of the molecule is COc1ccc(CC(=O)N2CCN(Cc3c(C)noc3C)CC2)cc1OC. The van der Waals surface area contributed by atoms with Gasteiger partial charge in [-0.05, 0) is 31.5 Å². The van der Waals surface area contributed by atoms with E-state index in [0.29, 0.717) is 17.9 Å². The Morgan fingerprint density at radius 1 is 1.11 bits per heavy atom. The first kappa shape index (κ1) is 19.2. The minimum absolute atomic E-state index is 0.138. The van der Waals surface area contributed by atoms with Crippen LogP contribution in [0.3, 0.4) is 0 Å². The molecule has 0 bridgehead atoms. The number of hydrogen-bond donors (Lipinski definition) is 0. The van der Waals surface area contributed by atoms with Gasteiger partial charge in [-0.15, -0.1) is 0 Å². The number of carbonyl (C=O) groups is 1. The zero-order valence-corrected chi connectivity index (χ0v) is 16.4. The Bertz CT molecular complexity index is 775. The molecule has 7 nitrogen and oxygen atoms in total. The minimum Gasteiger partial charge on any atom is -0.493 e. The predicted octanol–water partition coefficient (Wildman–Crippen LogP) is 2.20. The van der Waals surface area contributed by atoms with Crippen LogP contribution in [-0.4, -0.2) is 61.3 Å². The van der Waals surface area contributed by atoms with Crippen molar-refractivity contribution in [1.29, 1.82) is 0 Å². The molecule has 0 aliphatic carbocycles. The molecule has 1 aliphatic rings. The van der Waals surface area contributed by atoms with E-state index in [1.165, 1.54) is 0 Å². The molecule has 1 aliphatic heterocycles. The van der Waals surface area contributed by atoms with Crippen molar-refractivity contribution in [3.63, 3.8) is 0 Å². The molecule has 0 unspecified atom stereocenters. The van der Waals surface area contributed by atoms with Crippen LogP contribution in [0.2, 0.25) is 0 Å².